The van der Waals surface area contributed by atoms with Crippen LogP contribution in [0.5, 0.6) is 0 Å². The summed E-state index contributed by atoms with van der Waals surface area (Å²) in [7, 11) is 0. The standard InChI is InChI=1S/C5H9NO2.C2HF3O2/c1-4(6)2-3-5(7)8;3-2(4,5)1(6)7/h2-4H,6H2,1H3,(H,7,8);(H,6,7)/b3-2+;/t4-;/m0./s1. The van der Waals surface area contributed by atoms with Crippen LogP contribution in [0.2, 0.25) is 0 Å². The molecule has 0 aliphatic carbocycles. The maximum atomic E-state index is 10.6. The third kappa shape index (κ3) is 15.2. The van der Waals surface area contributed by atoms with E-state index >= 15 is 0 Å². The highest BCUT2D eigenvalue weighted by atomic mass is 19.4. The number of halogens is 3. The van der Waals surface area contributed by atoms with Crippen LogP contribution >= 0.6 is 0 Å². The fourth-order valence-corrected chi connectivity index (χ4v) is 0.234. The Morgan fingerprint density at radius 1 is 1.33 bits per heavy atom. The molecule has 0 fully saturated rings. The summed E-state index contributed by atoms with van der Waals surface area (Å²) in [6, 6.07) is -0.175. The first-order valence-electron chi connectivity index (χ1n) is 3.54. The van der Waals surface area contributed by atoms with E-state index in [1.54, 1.807) is 6.92 Å². The average Bonchev–Trinajstić information content (AvgIpc) is 2.00. The van der Waals surface area contributed by atoms with Gasteiger partial charge in [-0.25, -0.2) is 9.59 Å². The van der Waals surface area contributed by atoms with Crippen LogP contribution in [0.3, 0.4) is 0 Å². The SMILES string of the molecule is C[C@H](N)/C=C/C(=O)O.O=C(O)C(F)(F)F. The van der Waals surface area contributed by atoms with Gasteiger partial charge in [-0.05, 0) is 6.92 Å². The van der Waals surface area contributed by atoms with Crippen LogP contribution in [0.25, 0.3) is 0 Å². The van der Waals surface area contributed by atoms with Crippen LogP contribution in [0.4, 0.5) is 13.2 Å². The third-order valence-corrected chi connectivity index (χ3v) is 0.785. The lowest BCUT2D eigenvalue weighted by Crippen LogP contribution is -2.21. The van der Waals surface area contributed by atoms with Crippen molar-refractivity contribution in [2.45, 2.75) is 19.1 Å². The second-order valence-electron chi connectivity index (χ2n) is 2.36. The molecule has 0 saturated heterocycles. The van der Waals surface area contributed by atoms with Gasteiger partial charge in [0, 0.05) is 12.1 Å². The molecule has 0 spiro atoms. The van der Waals surface area contributed by atoms with E-state index in [9.17, 15) is 18.0 Å². The zero-order chi connectivity index (χ0) is 12.6. The van der Waals surface area contributed by atoms with Gasteiger partial charge in [0.25, 0.3) is 0 Å². The minimum absolute atomic E-state index is 0.175. The van der Waals surface area contributed by atoms with Gasteiger partial charge in [-0.3, -0.25) is 0 Å². The second-order valence-corrected chi connectivity index (χ2v) is 2.36. The smallest absolute Gasteiger partial charge is 0.478 e. The van der Waals surface area contributed by atoms with Gasteiger partial charge >= 0.3 is 18.1 Å². The van der Waals surface area contributed by atoms with Crippen LogP contribution < -0.4 is 5.73 Å². The molecule has 0 heterocycles. The summed E-state index contributed by atoms with van der Waals surface area (Å²) in [4.78, 5) is 18.7. The molecular weight excluding hydrogens is 219 g/mol. The molecule has 0 aliphatic heterocycles. The van der Waals surface area contributed by atoms with E-state index < -0.39 is 18.1 Å². The Morgan fingerprint density at radius 2 is 1.67 bits per heavy atom. The Labute approximate surface area is 83.0 Å². The van der Waals surface area contributed by atoms with E-state index in [2.05, 4.69) is 0 Å². The summed E-state index contributed by atoms with van der Waals surface area (Å²) in [5, 5.41) is 15.1. The van der Waals surface area contributed by atoms with Gasteiger partial charge in [0.15, 0.2) is 0 Å². The monoisotopic (exact) mass is 229 g/mol. The van der Waals surface area contributed by atoms with Crippen molar-refractivity contribution >= 4 is 11.9 Å². The molecule has 1 atom stereocenters. The Morgan fingerprint density at radius 3 is 1.73 bits per heavy atom. The second kappa shape index (κ2) is 6.82. The number of carbonyl (C=O) groups is 2. The minimum Gasteiger partial charge on any atom is -0.478 e. The van der Waals surface area contributed by atoms with E-state index in [1.165, 1.54) is 6.08 Å². The lowest BCUT2D eigenvalue weighted by atomic mass is 10.3. The Bertz CT molecular complexity index is 247. The van der Waals surface area contributed by atoms with Crippen molar-refractivity contribution in [3.8, 4) is 0 Å². The highest BCUT2D eigenvalue weighted by molar-refractivity contribution is 5.79. The minimum atomic E-state index is -5.08. The summed E-state index contributed by atoms with van der Waals surface area (Å²) in [6.07, 6.45) is -2.63. The molecule has 0 saturated carbocycles. The van der Waals surface area contributed by atoms with Crippen LogP contribution in [-0.2, 0) is 9.59 Å². The number of hydrogen-bond donors (Lipinski definition) is 3. The summed E-state index contributed by atoms with van der Waals surface area (Å²) >= 11 is 0. The predicted molar refractivity (Wildman–Crippen MR) is 44.1 cm³/mol. The number of rotatable bonds is 2. The van der Waals surface area contributed by atoms with Crippen LogP contribution in [0, 0.1) is 0 Å². The highest BCUT2D eigenvalue weighted by Crippen LogP contribution is 2.13. The number of carboxylic acid groups (broad SMARTS) is 2. The van der Waals surface area contributed by atoms with E-state index in [1.807, 2.05) is 0 Å². The molecule has 0 radical (unpaired) electrons. The number of carboxylic acids is 2. The summed E-state index contributed by atoms with van der Waals surface area (Å²) in [5.74, 6) is -3.71. The van der Waals surface area contributed by atoms with E-state index in [0.717, 1.165) is 6.08 Å². The molecule has 15 heavy (non-hydrogen) atoms. The maximum absolute atomic E-state index is 10.6. The molecule has 88 valence electrons. The molecule has 0 amide bonds. The van der Waals surface area contributed by atoms with Crippen molar-refractivity contribution in [3.63, 3.8) is 0 Å². The Hall–Kier alpha value is -1.57. The van der Waals surface area contributed by atoms with E-state index in [-0.39, 0.29) is 6.04 Å². The third-order valence-electron chi connectivity index (χ3n) is 0.785. The topological polar surface area (TPSA) is 101 Å². The lowest BCUT2D eigenvalue weighted by molar-refractivity contribution is -0.192. The summed E-state index contributed by atoms with van der Waals surface area (Å²) in [6.45, 7) is 1.71. The number of hydrogen-bond acceptors (Lipinski definition) is 3. The molecule has 0 bridgehead atoms. The van der Waals surface area contributed by atoms with Crippen molar-refractivity contribution in [2.75, 3.05) is 0 Å². The largest absolute Gasteiger partial charge is 0.490 e. The van der Waals surface area contributed by atoms with Gasteiger partial charge in [0.1, 0.15) is 0 Å². The lowest BCUT2D eigenvalue weighted by Gasteiger charge is -1.93. The molecule has 0 aromatic heterocycles. The summed E-state index contributed by atoms with van der Waals surface area (Å²) < 4.78 is 31.7. The maximum Gasteiger partial charge on any atom is 0.490 e. The Kier molecular flexibility index (Phi) is 7.22. The average molecular weight is 229 g/mol. The van der Waals surface area contributed by atoms with Crippen molar-refractivity contribution < 1.29 is 33.0 Å². The first-order valence-corrected chi connectivity index (χ1v) is 3.54. The molecule has 0 rings (SSSR count). The molecule has 0 aromatic carbocycles. The van der Waals surface area contributed by atoms with Crippen molar-refractivity contribution in [1.82, 2.24) is 0 Å². The molecule has 0 aromatic rings. The van der Waals surface area contributed by atoms with Crippen LogP contribution in [0.15, 0.2) is 12.2 Å². The molecule has 0 unspecified atom stereocenters. The molecule has 8 heteroatoms. The van der Waals surface area contributed by atoms with Gasteiger partial charge in [-0.1, -0.05) is 6.08 Å². The van der Waals surface area contributed by atoms with Gasteiger partial charge in [-0.15, -0.1) is 0 Å². The van der Waals surface area contributed by atoms with Gasteiger partial charge in [0.05, 0.1) is 0 Å². The van der Waals surface area contributed by atoms with Crippen LogP contribution in [0.1, 0.15) is 6.92 Å². The molecular formula is C7H10F3NO4. The predicted octanol–water partition coefficient (Wildman–Crippen LogP) is 0.608. The van der Waals surface area contributed by atoms with Crippen molar-refractivity contribution in [1.29, 1.82) is 0 Å². The van der Waals surface area contributed by atoms with Gasteiger partial charge < -0.3 is 15.9 Å². The number of alkyl halides is 3. The zero-order valence-corrected chi connectivity index (χ0v) is 7.65. The van der Waals surface area contributed by atoms with Crippen molar-refractivity contribution in [3.05, 3.63) is 12.2 Å². The fourth-order valence-electron chi connectivity index (χ4n) is 0.234. The molecule has 0 aliphatic rings. The number of nitrogens with two attached hydrogens (primary N) is 1. The van der Waals surface area contributed by atoms with Gasteiger partial charge in [0.2, 0.25) is 0 Å². The zero-order valence-electron chi connectivity index (χ0n) is 7.65. The molecule has 5 nitrogen and oxygen atoms in total. The highest BCUT2D eigenvalue weighted by Gasteiger charge is 2.38. The van der Waals surface area contributed by atoms with E-state index in [4.69, 9.17) is 20.7 Å². The first kappa shape index (κ1) is 15.9. The van der Waals surface area contributed by atoms with Gasteiger partial charge in [-0.2, -0.15) is 13.2 Å². The normalized spacial score (nSPS) is 12.9. The first-order chi connectivity index (χ1) is 6.57. The molecule has 4 N–H and O–H groups in total. The quantitative estimate of drug-likeness (QED) is 0.602. The fraction of sp³-hybridized carbons (Fsp3) is 0.429. The van der Waals surface area contributed by atoms with Crippen molar-refractivity contribution in [2.24, 2.45) is 5.73 Å². The Balaban J connectivity index is 0. The van der Waals surface area contributed by atoms with Crippen LogP contribution in [-0.4, -0.2) is 34.4 Å². The van der Waals surface area contributed by atoms with E-state index in [0.29, 0.717) is 0 Å². The number of aliphatic carboxylic acids is 2. The summed E-state index contributed by atoms with van der Waals surface area (Å²) in [5.41, 5.74) is 5.19.